The average Bonchev–Trinajstić information content (AvgIpc) is 1.85. The number of nitrogens with zero attached hydrogens (tertiary/aromatic N) is 1. The van der Waals surface area contributed by atoms with E-state index in [1.165, 1.54) is 0 Å². The monoisotopic (exact) mass is 217 g/mol. The second-order valence-electron chi connectivity index (χ2n) is 2.59. The van der Waals surface area contributed by atoms with Gasteiger partial charge in [-0.2, -0.15) is 0 Å². The van der Waals surface area contributed by atoms with E-state index in [0.29, 0.717) is 10.4 Å². The summed E-state index contributed by atoms with van der Waals surface area (Å²) in [6.45, 7) is 2.02. The van der Waals surface area contributed by atoms with Crippen molar-refractivity contribution in [1.82, 2.24) is 0 Å². The van der Waals surface area contributed by atoms with Gasteiger partial charge in [0, 0.05) is 6.08 Å². The lowest BCUT2D eigenvalue weighted by Gasteiger charge is -2.09. The summed E-state index contributed by atoms with van der Waals surface area (Å²) >= 11 is 3.18. The van der Waals surface area contributed by atoms with Crippen LogP contribution >= 0.6 is 15.9 Å². The first-order valence-corrected chi connectivity index (χ1v) is 4.12. The second kappa shape index (κ2) is 3.17. The smallest absolute Gasteiger partial charge is 0.258 e. The number of hydrogen-bond donors (Lipinski definition) is 0. The van der Waals surface area contributed by atoms with Gasteiger partial charge in [-0.05, 0) is 28.3 Å². The fraction of sp³-hybridized carbons (Fsp3) is 0.429. The Balaban J connectivity index is 2.88. The molecule has 60 valence electrons. The molecule has 11 heavy (non-hydrogen) atoms. The van der Waals surface area contributed by atoms with Crippen LogP contribution in [0, 0.1) is 16.0 Å². The normalized spacial score (nSPS) is 24.0. The van der Waals surface area contributed by atoms with Crippen LogP contribution in [0.2, 0.25) is 0 Å². The van der Waals surface area contributed by atoms with Crippen molar-refractivity contribution in [3.63, 3.8) is 0 Å². The molecule has 0 radical (unpaired) electrons. The Kier molecular flexibility index (Phi) is 2.44. The molecule has 0 aliphatic heterocycles. The van der Waals surface area contributed by atoms with Crippen LogP contribution in [0.25, 0.3) is 0 Å². The van der Waals surface area contributed by atoms with Crippen molar-refractivity contribution in [3.05, 3.63) is 32.4 Å². The molecule has 0 aromatic rings. The van der Waals surface area contributed by atoms with Crippen LogP contribution in [0.5, 0.6) is 0 Å². The van der Waals surface area contributed by atoms with Gasteiger partial charge in [0.05, 0.1) is 9.41 Å². The topological polar surface area (TPSA) is 43.1 Å². The van der Waals surface area contributed by atoms with E-state index in [0.717, 1.165) is 6.42 Å². The van der Waals surface area contributed by atoms with Crippen molar-refractivity contribution in [2.24, 2.45) is 5.92 Å². The molecule has 1 aliphatic carbocycles. The maximum atomic E-state index is 10.3. The predicted octanol–water partition coefficient (Wildman–Crippen LogP) is 2.47. The highest BCUT2D eigenvalue weighted by Crippen LogP contribution is 2.27. The van der Waals surface area contributed by atoms with E-state index < -0.39 is 0 Å². The van der Waals surface area contributed by atoms with Gasteiger partial charge in [-0.3, -0.25) is 10.1 Å². The molecule has 0 heterocycles. The molecule has 0 spiro atoms. The zero-order chi connectivity index (χ0) is 8.43. The molecule has 1 aliphatic rings. The minimum absolute atomic E-state index is 0.183. The standard InChI is InChI=1S/C7H8BrNO2/c1-5-2-3-7(9(10)11)6(8)4-5/h2-3,5H,4H2,1H3. The van der Waals surface area contributed by atoms with E-state index in [2.05, 4.69) is 15.9 Å². The van der Waals surface area contributed by atoms with Crippen molar-refractivity contribution in [3.8, 4) is 0 Å². The SMILES string of the molecule is CC1C=CC([N+](=O)[O-])=C(Br)C1. The van der Waals surface area contributed by atoms with Crippen LogP contribution < -0.4 is 0 Å². The van der Waals surface area contributed by atoms with Crippen LogP contribution in [0.1, 0.15) is 13.3 Å². The van der Waals surface area contributed by atoms with Crippen LogP contribution in [0.4, 0.5) is 0 Å². The number of hydrogen-bond acceptors (Lipinski definition) is 2. The van der Waals surface area contributed by atoms with Crippen LogP contribution in [0.15, 0.2) is 22.3 Å². The molecule has 0 aromatic heterocycles. The molecule has 0 amide bonds. The Morgan fingerprint density at radius 2 is 2.45 bits per heavy atom. The average molecular weight is 218 g/mol. The summed E-state index contributed by atoms with van der Waals surface area (Å²) in [7, 11) is 0. The van der Waals surface area contributed by atoms with E-state index in [1.807, 2.05) is 13.0 Å². The summed E-state index contributed by atoms with van der Waals surface area (Å²) < 4.78 is 0.692. The number of halogens is 1. The lowest BCUT2D eigenvalue weighted by atomic mass is 10.0. The Morgan fingerprint density at radius 3 is 2.91 bits per heavy atom. The molecule has 0 bridgehead atoms. The van der Waals surface area contributed by atoms with Gasteiger partial charge in [0.1, 0.15) is 0 Å². The van der Waals surface area contributed by atoms with Crippen LogP contribution in [-0.4, -0.2) is 4.92 Å². The van der Waals surface area contributed by atoms with Gasteiger partial charge in [0.25, 0.3) is 5.70 Å². The molecule has 0 saturated carbocycles. The first-order valence-electron chi connectivity index (χ1n) is 3.32. The van der Waals surface area contributed by atoms with E-state index in [9.17, 15) is 10.1 Å². The number of rotatable bonds is 1. The molecule has 3 nitrogen and oxygen atoms in total. The summed E-state index contributed by atoms with van der Waals surface area (Å²) in [5, 5.41) is 10.3. The van der Waals surface area contributed by atoms with E-state index >= 15 is 0 Å². The lowest BCUT2D eigenvalue weighted by Crippen LogP contribution is -2.05. The third-order valence-corrected chi connectivity index (χ3v) is 2.29. The minimum Gasteiger partial charge on any atom is -0.258 e. The molecular formula is C7H8BrNO2. The van der Waals surface area contributed by atoms with Gasteiger partial charge in [-0.15, -0.1) is 0 Å². The van der Waals surface area contributed by atoms with E-state index in [-0.39, 0.29) is 10.6 Å². The van der Waals surface area contributed by atoms with Gasteiger partial charge >= 0.3 is 0 Å². The predicted molar refractivity (Wildman–Crippen MR) is 45.9 cm³/mol. The summed E-state index contributed by atoms with van der Waals surface area (Å²) in [4.78, 5) is 9.97. The quantitative estimate of drug-likeness (QED) is 0.501. The maximum absolute atomic E-state index is 10.3. The van der Waals surface area contributed by atoms with Crippen molar-refractivity contribution < 1.29 is 4.92 Å². The highest BCUT2D eigenvalue weighted by Gasteiger charge is 2.18. The molecule has 0 aromatic carbocycles. The molecule has 1 atom stereocenters. The zero-order valence-electron chi connectivity index (χ0n) is 6.08. The van der Waals surface area contributed by atoms with Crippen LogP contribution in [-0.2, 0) is 0 Å². The summed E-state index contributed by atoms with van der Waals surface area (Å²) in [6.07, 6.45) is 4.13. The van der Waals surface area contributed by atoms with Gasteiger partial charge < -0.3 is 0 Å². The molecule has 4 heteroatoms. The third-order valence-electron chi connectivity index (χ3n) is 1.56. The highest BCUT2D eigenvalue weighted by atomic mass is 79.9. The third kappa shape index (κ3) is 1.89. The fourth-order valence-electron chi connectivity index (χ4n) is 0.961. The van der Waals surface area contributed by atoms with Gasteiger partial charge in [0.2, 0.25) is 0 Å². The first-order chi connectivity index (χ1) is 5.11. The molecule has 0 fully saturated rings. The Hall–Kier alpha value is -0.640. The minimum atomic E-state index is -0.369. The number of nitro groups is 1. The van der Waals surface area contributed by atoms with E-state index in [4.69, 9.17) is 0 Å². The van der Waals surface area contributed by atoms with Crippen molar-refractivity contribution in [2.75, 3.05) is 0 Å². The van der Waals surface area contributed by atoms with Gasteiger partial charge in [-0.25, -0.2) is 0 Å². The fourth-order valence-corrected chi connectivity index (χ4v) is 1.75. The lowest BCUT2D eigenvalue weighted by molar-refractivity contribution is -0.419. The molecule has 1 unspecified atom stereocenters. The van der Waals surface area contributed by atoms with Crippen molar-refractivity contribution in [1.29, 1.82) is 0 Å². The Bertz CT molecular complexity index is 245. The maximum Gasteiger partial charge on any atom is 0.279 e. The second-order valence-corrected chi connectivity index (χ2v) is 3.55. The van der Waals surface area contributed by atoms with Crippen molar-refractivity contribution in [2.45, 2.75) is 13.3 Å². The van der Waals surface area contributed by atoms with Crippen LogP contribution in [0.3, 0.4) is 0 Å². The summed E-state index contributed by atoms with van der Waals surface area (Å²) in [5.41, 5.74) is 0.183. The molecular weight excluding hydrogens is 210 g/mol. The molecule has 1 rings (SSSR count). The number of allylic oxidation sites excluding steroid dienone is 3. The van der Waals surface area contributed by atoms with Crippen molar-refractivity contribution >= 4 is 15.9 Å². The first kappa shape index (κ1) is 8.46. The summed E-state index contributed by atoms with van der Waals surface area (Å²) in [6, 6.07) is 0. The van der Waals surface area contributed by atoms with E-state index in [1.54, 1.807) is 6.08 Å². The highest BCUT2D eigenvalue weighted by molar-refractivity contribution is 9.11. The molecule has 0 N–H and O–H groups in total. The van der Waals surface area contributed by atoms with Gasteiger partial charge in [-0.1, -0.05) is 13.0 Å². The Morgan fingerprint density at radius 1 is 1.82 bits per heavy atom. The molecule has 0 saturated heterocycles. The largest absolute Gasteiger partial charge is 0.279 e. The summed E-state index contributed by atoms with van der Waals surface area (Å²) in [5.74, 6) is 0.396. The Labute approximate surface area is 73.1 Å². The zero-order valence-corrected chi connectivity index (χ0v) is 7.67. The van der Waals surface area contributed by atoms with Gasteiger partial charge in [0.15, 0.2) is 0 Å².